The summed E-state index contributed by atoms with van der Waals surface area (Å²) in [6, 6.07) is 6.42. The molecule has 1 amide bonds. The Morgan fingerprint density at radius 1 is 1.07 bits per heavy atom. The number of nitrogens with zero attached hydrogens (tertiary/aromatic N) is 1. The Kier molecular flexibility index (Phi) is 4.83. The molecule has 1 aromatic rings. The molecule has 0 aromatic carbocycles. The van der Waals surface area contributed by atoms with Gasteiger partial charge in [-0.25, -0.2) is 0 Å². The third-order valence-electron chi connectivity index (χ3n) is 9.24. The van der Waals surface area contributed by atoms with Crippen LogP contribution in [0.25, 0.3) is 0 Å². The smallest absolute Gasteiger partial charge is 0.247 e. The minimum Gasteiger partial charge on any atom is -0.349 e. The summed E-state index contributed by atoms with van der Waals surface area (Å²) < 4.78 is 0. The quantitative estimate of drug-likeness (QED) is 0.739. The van der Waals surface area contributed by atoms with Crippen LogP contribution in [0.1, 0.15) is 77.3 Å². The van der Waals surface area contributed by atoms with Gasteiger partial charge in [0.2, 0.25) is 5.91 Å². The maximum Gasteiger partial charge on any atom is 0.247 e. The number of amides is 1. The molecule has 29 heavy (non-hydrogen) atoms. The van der Waals surface area contributed by atoms with Crippen LogP contribution in [0.15, 0.2) is 36.0 Å². The number of hydrogen-bond acceptors (Lipinski definition) is 2. The minimum atomic E-state index is 0.140. The minimum absolute atomic E-state index is 0.140. The lowest BCUT2D eigenvalue weighted by Gasteiger charge is -2.58. The molecule has 3 aliphatic carbocycles. The lowest BCUT2D eigenvalue weighted by Crippen LogP contribution is -2.59. The van der Waals surface area contributed by atoms with Crippen LogP contribution in [-0.4, -0.2) is 16.9 Å². The number of rotatable bonds is 4. The molecule has 0 radical (unpaired) electrons. The molecule has 1 aliphatic heterocycles. The molecule has 3 nitrogen and oxygen atoms in total. The fraction of sp³-hybridized carbons (Fsp3) is 0.692. The second-order valence-electron chi connectivity index (χ2n) is 10.8. The number of pyridine rings is 1. The first-order valence-corrected chi connectivity index (χ1v) is 11.9. The lowest BCUT2D eigenvalue weighted by molar-refractivity contribution is -0.123. The van der Waals surface area contributed by atoms with Gasteiger partial charge in [0, 0.05) is 28.9 Å². The zero-order valence-electron chi connectivity index (χ0n) is 18.1. The second-order valence-corrected chi connectivity index (χ2v) is 10.8. The van der Waals surface area contributed by atoms with Gasteiger partial charge in [-0.15, -0.1) is 0 Å². The third kappa shape index (κ3) is 3.25. The molecule has 3 saturated carbocycles. The van der Waals surface area contributed by atoms with Crippen molar-refractivity contribution in [2.24, 2.45) is 28.6 Å². The molecule has 6 atom stereocenters. The van der Waals surface area contributed by atoms with Crippen LogP contribution < -0.4 is 5.32 Å². The second kappa shape index (κ2) is 7.25. The molecule has 0 spiro atoms. The van der Waals surface area contributed by atoms with Gasteiger partial charge in [-0.1, -0.05) is 32.4 Å². The van der Waals surface area contributed by atoms with E-state index in [1.165, 1.54) is 38.5 Å². The molecule has 4 aliphatic rings. The number of carbonyl (C=O) groups is 1. The summed E-state index contributed by atoms with van der Waals surface area (Å²) in [6.07, 6.45) is 16.6. The van der Waals surface area contributed by atoms with Crippen molar-refractivity contribution in [1.82, 2.24) is 10.3 Å². The number of carbonyl (C=O) groups excluding carboxylic acids is 1. The Morgan fingerprint density at radius 3 is 2.79 bits per heavy atom. The van der Waals surface area contributed by atoms with Crippen molar-refractivity contribution >= 4 is 5.91 Å². The Labute approximate surface area is 175 Å². The van der Waals surface area contributed by atoms with E-state index in [2.05, 4.69) is 36.3 Å². The van der Waals surface area contributed by atoms with Crippen molar-refractivity contribution in [3.63, 3.8) is 0 Å². The van der Waals surface area contributed by atoms with E-state index in [1.54, 1.807) is 0 Å². The molecule has 1 aromatic heterocycles. The predicted molar refractivity (Wildman–Crippen MR) is 116 cm³/mol. The molecular weight excluding hydrogens is 356 g/mol. The van der Waals surface area contributed by atoms with Crippen LogP contribution in [0.3, 0.4) is 0 Å². The highest BCUT2D eigenvalue weighted by molar-refractivity contribution is 5.94. The summed E-state index contributed by atoms with van der Waals surface area (Å²) >= 11 is 0. The average molecular weight is 393 g/mol. The van der Waals surface area contributed by atoms with E-state index >= 15 is 0 Å². The van der Waals surface area contributed by atoms with Crippen LogP contribution in [-0.2, 0) is 11.2 Å². The van der Waals surface area contributed by atoms with E-state index in [4.69, 9.17) is 0 Å². The van der Waals surface area contributed by atoms with Gasteiger partial charge in [-0.3, -0.25) is 9.78 Å². The third-order valence-corrected chi connectivity index (χ3v) is 9.24. The van der Waals surface area contributed by atoms with Gasteiger partial charge in [0.25, 0.3) is 0 Å². The first kappa shape index (κ1) is 19.3. The summed E-state index contributed by atoms with van der Waals surface area (Å²) in [4.78, 5) is 17.3. The van der Waals surface area contributed by atoms with Crippen LogP contribution in [0.4, 0.5) is 0 Å². The molecule has 0 bridgehead atoms. The van der Waals surface area contributed by atoms with E-state index in [1.807, 2.05) is 18.3 Å². The zero-order chi connectivity index (χ0) is 20.1. The maximum atomic E-state index is 12.8. The van der Waals surface area contributed by atoms with Gasteiger partial charge in [-0.05, 0) is 93.1 Å². The number of aryl methyl sites for hydroxylation is 1. The number of aromatic nitrogens is 1. The molecule has 2 heterocycles. The van der Waals surface area contributed by atoms with Crippen LogP contribution in [0.5, 0.6) is 0 Å². The fourth-order valence-electron chi connectivity index (χ4n) is 7.70. The summed E-state index contributed by atoms with van der Waals surface area (Å²) in [5.74, 6) is 2.70. The summed E-state index contributed by atoms with van der Waals surface area (Å²) in [5, 5.41) is 3.44. The van der Waals surface area contributed by atoms with Gasteiger partial charge in [0.15, 0.2) is 0 Å². The van der Waals surface area contributed by atoms with Gasteiger partial charge >= 0.3 is 0 Å². The molecule has 156 valence electrons. The number of fused-ring (bicyclic) bond motifs is 5. The molecule has 5 rings (SSSR count). The van der Waals surface area contributed by atoms with Crippen LogP contribution in [0.2, 0.25) is 0 Å². The lowest BCUT2D eigenvalue weighted by atomic mass is 9.48. The zero-order valence-corrected chi connectivity index (χ0v) is 18.1. The topological polar surface area (TPSA) is 42.0 Å². The normalized spacial score (nSPS) is 41.0. The summed E-state index contributed by atoms with van der Waals surface area (Å²) in [6.45, 7) is 5.03. The van der Waals surface area contributed by atoms with Crippen molar-refractivity contribution < 1.29 is 4.79 Å². The maximum absolute atomic E-state index is 12.8. The highest BCUT2D eigenvalue weighted by atomic mass is 16.1. The molecule has 0 unspecified atom stereocenters. The van der Waals surface area contributed by atoms with Crippen molar-refractivity contribution in [3.05, 3.63) is 41.7 Å². The number of hydrogen-bond donors (Lipinski definition) is 1. The largest absolute Gasteiger partial charge is 0.349 e. The average Bonchev–Trinajstić information content (AvgIpc) is 3.11. The van der Waals surface area contributed by atoms with Crippen LogP contribution >= 0.6 is 0 Å². The number of nitrogens with one attached hydrogen (secondary N) is 1. The molecule has 3 heteroatoms. The fourth-order valence-corrected chi connectivity index (χ4v) is 7.70. The molecular formula is C26H36N2O. The Bertz CT molecular complexity index is 802. The standard InChI is InChI=1S/C26H36N2O/c1-25-14-6-10-21(25)20-11-12-23-26(2,22(20)13-15-25)17-18(24(29)28-23)7-5-9-19-8-3-4-16-27-19/h3-4,8,16-17,20-23H,5-7,9-15H2,1-2H3,(H,28,29)/t20-,21-,22-,23+,25-,26+/m0/s1. The highest BCUT2D eigenvalue weighted by Crippen LogP contribution is 2.63. The first-order chi connectivity index (χ1) is 14.0. The summed E-state index contributed by atoms with van der Waals surface area (Å²) in [7, 11) is 0. The monoisotopic (exact) mass is 392 g/mol. The van der Waals surface area contributed by atoms with Gasteiger partial charge in [0.05, 0.1) is 0 Å². The van der Waals surface area contributed by atoms with Crippen molar-refractivity contribution in [2.45, 2.75) is 84.1 Å². The molecule has 1 N–H and O–H groups in total. The van der Waals surface area contributed by atoms with E-state index in [0.29, 0.717) is 11.5 Å². The van der Waals surface area contributed by atoms with Gasteiger partial charge in [-0.2, -0.15) is 0 Å². The molecule has 3 fully saturated rings. The predicted octanol–water partition coefficient (Wildman–Crippen LogP) is 5.46. The summed E-state index contributed by atoms with van der Waals surface area (Å²) in [5.41, 5.74) is 2.89. The highest BCUT2D eigenvalue weighted by Gasteiger charge is 2.57. The first-order valence-electron chi connectivity index (χ1n) is 11.9. The van der Waals surface area contributed by atoms with E-state index < -0.39 is 0 Å². The Hall–Kier alpha value is -1.64. The van der Waals surface area contributed by atoms with E-state index in [9.17, 15) is 4.79 Å². The van der Waals surface area contributed by atoms with Gasteiger partial charge < -0.3 is 5.32 Å². The van der Waals surface area contributed by atoms with E-state index in [0.717, 1.165) is 54.7 Å². The van der Waals surface area contributed by atoms with Crippen molar-refractivity contribution in [3.8, 4) is 0 Å². The van der Waals surface area contributed by atoms with E-state index in [-0.39, 0.29) is 11.3 Å². The van der Waals surface area contributed by atoms with Gasteiger partial charge in [0.1, 0.15) is 0 Å². The SMILES string of the molecule is C[C@@]12CCC[C@H]1[C@@H]1CC[C@H]3NC(=O)C(CCCc4ccccn4)=C[C@]3(C)[C@H]1CC2. The van der Waals surface area contributed by atoms with Crippen molar-refractivity contribution in [1.29, 1.82) is 0 Å². The Balaban J connectivity index is 1.35. The van der Waals surface area contributed by atoms with Crippen molar-refractivity contribution in [2.75, 3.05) is 0 Å². The Morgan fingerprint density at radius 2 is 1.97 bits per heavy atom. The van der Waals surface area contributed by atoms with Crippen LogP contribution in [0, 0.1) is 28.6 Å². The molecule has 0 saturated heterocycles.